The third-order valence-electron chi connectivity index (χ3n) is 5.24. The smallest absolute Gasteiger partial charge is 0.265 e. The molecule has 2 amide bonds. The Labute approximate surface area is 181 Å². The predicted molar refractivity (Wildman–Crippen MR) is 117 cm³/mol. The minimum Gasteiger partial charge on any atom is -0.494 e. The Morgan fingerprint density at radius 3 is 2.58 bits per heavy atom. The van der Waals surface area contributed by atoms with Gasteiger partial charge in [0.15, 0.2) is 6.10 Å². The van der Waals surface area contributed by atoms with Crippen LogP contribution in [0, 0.1) is 0 Å². The van der Waals surface area contributed by atoms with Crippen LogP contribution in [0.2, 0.25) is 0 Å². The fourth-order valence-corrected chi connectivity index (χ4v) is 3.75. The maximum atomic E-state index is 13.0. The number of ether oxygens (including phenoxy) is 3. The minimum atomic E-state index is -0.661. The highest BCUT2D eigenvalue weighted by molar-refractivity contribution is 5.95. The number of hydrogen-bond donors (Lipinski definition) is 1. The fraction of sp³-hybridized carbons (Fsp3) is 0.391. The molecule has 0 saturated carbocycles. The Bertz CT molecular complexity index is 912. The highest BCUT2D eigenvalue weighted by atomic mass is 16.5. The van der Waals surface area contributed by atoms with Crippen molar-refractivity contribution in [2.45, 2.75) is 13.0 Å². The third kappa shape index (κ3) is 5.08. The van der Waals surface area contributed by atoms with Crippen LogP contribution in [0.25, 0.3) is 0 Å². The summed E-state index contributed by atoms with van der Waals surface area (Å²) in [6.45, 7) is 5.10. The zero-order valence-electron chi connectivity index (χ0n) is 17.6. The average molecular weight is 425 g/mol. The molecule has 4 rings (SSSR count). The van der Waals surface area contributed by atoms with Crippen LogP contribution >= 0.6 is 0 Å². The molecule has 2 aliphatic heterocycles. The zero-order valence-corrected chi connectivity index (χ0v) is 17.6. The lowest BCUT2D eigenvalue weighted by atomic mass is 10.1. The SMILES string of the molecule is CCOc1ccc(NC(=O)CN2CC(C(=O)N3CCOCC3)Oc3ccccc32)cc1. The van der Waals surface area contributed by atoms with Crippen molar-refractivity contribution >= 4 is 23.2 Å². The molecular formula is C23H27N3O5. The van der Waals surface area contributed by atoms with Crippen molar-refractivity contribution in [1.29, 1.82) is 0 Å². The summed E-state index contributed by atoms with van der Waals surface area (Å²) < 4.78 is 16.8. The van der Waals surface area contributed by atoms with Crippen molar-refractivity contribution in [2.75, 3.05) is 56.2 Å². The van der Waals surface area contributed by atoms with Gasteiger partial charge in [-0.15, -0.1) is 0 Å². The van der Waals surface area contributed by atoms with Crippen LogP contribution < -0.4 is 19.7 Å². The highest BCUT2D eigenvalue weighted by Gasteiger charge is 2.34. The number of nitrogens with zero attached hydrogens (tertiary/aromatic N) is 2. The quantitative estimate of drug-likeness (QED) is 0.764. The molecule has 2 heterocycles. The number of carbonyl (C=O) groups is 2. The van der Waals surface area contributed by atoms with Crippen molar-refractivity contribution in [3.8, 4) is 11.5 Å². The van der Waals surface area contributed by atoms with Crippen LogP contribution in [0.3, 0.4) is 0 Å². The van der Waals surface area contributed by atoms with Crippen LogP contribution in [0.5, 0.6) is 11.5 Å². The highest BCUT2D eigenvalue weighted by Crippen LogP contribution is 2.33. The van der Waals surface area contributed by atoms with Gasteiger partial charge in [-0.25, -0.2) is 0 Å². The Balaban J connectivity index is 1.44. The number of hydrogen-bond acceptors (Lipinski definition) is 6. The van der Waals surface area contributed by atoms with Gasteiger partial charge < -0.3 is 29.3 Å². The zero-order chi connectivity index (χ0) is 21.6. The second-order valence-corrected chi connectivity index (χ2v) is 7.40. The Morgan fingerprint density at radius 2 is 1.84 bits per heavy atom. The van der Waals surface area contributed by atoms with Crippen LogP contribution in [-0.4, -0.2) is 68.8 Å². The molecular weight excluding hydrogens is 398 g/mol. The molecule has 0 bridgehead atoms. The predicted octanol–water partition coefficient (Wildman–Crippen LogP) is 2.15. The van der Waals surface area contributed by atoms with Gasteiger partial charge in [-0.3, -0.25) is 9.59 Å². The normalized spacial score (nSPS) is 18.0. The number of para-hydroxylation sites is 2. The monoisotopic (exact) mass is 425 g/mol. The molecule has 1 fully saturated rings. The van der Waals surface area contributed by atoms with Crippen molar-refractivity contribution in [1.82, 2.24) is 4.90 Å². The van der Waals surface area contributed by atoms with E-state index in [1.165, 1.54) is 0 Å². The first-order valence-electron chi connectivity index (χ1n) is 10.5. The summed E-state index contributed by atoms with van der Waals surface area (Å²) in [6.07, 6.45) is -0.661. The van der Waals surface area contributed by atoms with E-state index in [4.69, 9.17) is 14.2 Å². The fourth-order valence-electron chi connectivity index (χ4n) is 3.75. The summed E-state index contributed by atoms with van der Waals surface area (Å²) in [6, 6.07) is 14.7. The first-order chi connectivity index (χ1) is 15.1. The maximum Gasteiger partial charge on any atom is 0.265 e. The van der Waals surface area contributed by atoms with Crippen molar-refractivity contribution in [3.05, 3.63) is 48.5 Å². The van der Waals surface area contributed by atoms with Gasteiger partial charge >= 0.3 is 0 Å². The van der Waals surface area contributed by atoms with Crippen LogP contribution in [-0.2, 0) is 14.3 Å². The molecule has 0 spiro atoms. The van der Waals surface area contributed by atoms with Gasteiger partial charge in [0.2, 0.25) is 5.91 Å². The minimum absolute atomic E-state index is 0.0743. The van der Waals surface area contributed by atoms with Gasteiger partial charge in [-0.05, 0) is 43.3 Å². The molecule has 164 valence electrons. The largest absolute Gasteiger partial charge is 0.494 e. The number of morpholine rings is 1. The molecule has 0 aromatic heterocycles. The molecule has 2 aliphatic rings. The van der Waals surface area contributed by atoms with E-state index < -0.39 is 6.10 Å². The lowest BCUT2D eigenvalue weighted by molar-refractivity contribution is -0.142. The van der Waals surface area contributed by atoms with Crippen molar-refractivity contribution in [2.24, 2.45) is 0 Å². The standard InChI is InChI=1S/C23H27N3O5/c1-2-30-18-9-7-17(8-10-18)24-22(27)16-26-15-21(23(28)25-11-13-29-14-12-25)31-20-6-4-3-5-19(20)26/h3-10,21H,2,11-16H2,1H3,(H,24,27). The molecule has 1 atom stereocenters. The van der Waals surface area contributed by atoms with Gasteiger partial charge in [-0.2, -0.15) is 0 Å². The van der Waals surface area contributed by atoms with Crippen LogP contribution in [0.4, 0.5) is 11.4 Å². The number of nitrogens with one attached hydrogen (secondary N) is 1. The number of benzene rings is 2. The van der Waals surface area contributed by atoms with E-state index >= 15 is 0 Å². The lowest BCUT2D eigenvalue weighted by Gasteiger charge is -2.38. The van der Waals surface area contributed by atoms with Gasteiger partial charge in [0.25, 0.3) is 5.91 Å². The second kappa shape index (κ2) is 9.70. The van der Waals surface area contributed by atoms with Gasteiger partial charge in [0.05, 0.1) is 38.6 Å². The summed E-state index contributed by atoms with van der Waals surface area (Å²) in [5.41, 5.74) is 1.49. The van der Waals surface area contributed by atoms with Gasteiger partial charge in [0.1, 0.15) is 11.5 Å². The average Bonchev–Trinajstić information content (AvgIpc) is 2.80. The van der Waals surface area contributed by atoms with E-state index in [9.17, 15) is 9.59 Å². The molecule has 0 radical (unpaired) electrons. The van der Waals surface area contributed by atoms with Crippen molar-refractivity contribution in [3.63, 3.8) is 0 Å². The second-order valence-electron chi connectivity index (χ2n) is 7.40. The number of fused-ring (bicyclic) bond motifs is 1. The first-order valence-corrected chi connectivity index (χ1v) is 10.5. The molecule has 0 aliphatic carbocycles. The Kier molecular flexibility index (Phi) is 6.57. The number of amides is 2. The van der Waals surface area contributed by atoms with Crippen molar-refractivity contribution < 1.29 is 23.8 Å². The van der Waals surface area contributed by atoms with E-state index in [2.05, 4.69) is 5.32 Å². The van der Waals surface area contributed by atoms with E-state index in [0.29, 0.717) is 50.9 Å². The van der Waals surface area contributed by atoms with Crippen LogP contribution in [0.1, 0.15) is 6.92 Å². The molecule has 2 aromatic rings. The van der Waals surface area contributed by atoms with E-state index in [0.717, 1.165) is 11.4 Å². The van der Waals surface area contributed by atoms with E-state index in [-0.39, 0.29) is 18.4 Å². The topological polar surface area (TPSA) is 80.3 Å². The van der Waals surface area contributed by atoms with E-state index in [1.54, 1.807) is 17.0 Å². The van der Waals surface area contributed by atoms with Gasteiger partial charge in [0, 0.05) is 18.8 Å². The number of anilines is 2. The maximum absolute atomic E-state index is 13.0. The molecule has 1 saturated heterocycles. The summed E-state index contributed by atoms with van der Waals surface area (Å²) in [5.74, 6) is 1.12. The van der Waals surface area contributed by atoms with Gasteiger partial charge in [-0.1, -0.05) is 12.1 Å². The van der Waals surface area contributed by atoms with E-state index in [1.807, 2.05) is 48.2 Å². The summed E-state index contributed by atoms with van der Waals surface area (Å²) in [4.78, 5) is 29.4. The summed E-state index contributed by atoms with van der Waals surface area (Å²) in [7, 11) is 0. The first kappa shape index (κ1) is 21.0. The molecule has 8 heteroatoms. The number of rotatable bonds is 6. The number of carbonyl (C=O) groups excluding carboxylic acids is 2. The molecule has 1 N–H and O–H groups in total. The summed E-state index contributed by atoms with van der Waals surface area (Å²) >= 11 is 0. The summed E-state index contributed by atoms with van der Waals surface area (Å²) in [5, 5.41) is 2.91. The Morgan fingerprint density at radius 1 is 1.10 bits per heavy atom. The van der Waals surface area contributed by atoms with Crippen LogP contribution in [0.15, 0.2) is 48.5 Å². The lowest BCUT2D eigenvalue weighted by Crippen LogP contribution is -2.53. The molecule has 8 nitrogen and oxygen atoms in total. The molecule has 31 heavy (non-hydrogen) atoms. The molecule has 1 unspecified atom stereocenters. The third-order valence-corrected chi connectivity index (χ3v) is 5.24. The molecule has 2 aromatic carbocycles. The Hall–Kier alpha value is -3.26.